The molecular weight excluding hydrogens is 227 g/mol. The molecule has 7 heteroatoms. The molecule has 0 heterocycles. The van der Waals surface area contributed by atoms with Crippen LogP contribution in [-0.2, 0) is 11.0 Å². The molecule has 0 saturated heterocycles. The minimum absolute atomic E-state index is 0.118. The highest BCUT2D eigenvalue weighted by atomic mass is 19.4. The summed E-state index contributed by atoms with van der Waals surface area (Å²) in [4.78, 5) is 20.6. The third kappa shape index (κ3) is 2.50. The number of carboxylic acid groups (broad SMARTS) is 1. The van der Waals surface area contributed by atoms with E-state index in [0.717, 1.165) is 12.1 Å². The number of carbonyl (C=O) groups excluding carboxylic acids is 1. The summed E-state index contributed by atoms with van der Waals surface area (Å²) in [6, 6.07) is 2.43. The Hall–Kier alpha value is -2.05. The van der Waals surface area contributed by atoms with Gasteiger partial charge in [0.05, 0.1) is 11.1 Å². The molecule has 86 valence electrons. The van der Waals surface area contributed by atoms with Gasteiger partial charge in [-0.15, -0.1) is 0 Å². The SMILES string of the molecule is O=CNc1ccc(C(=O)O)c(C(F)(F)F)c1. The number of alkyl halides is 3. The molecule has 0 aliphatic heterocycles. The summed E-state index contributed by atoms with van der Waals surface area (Å²) in [7, 11) is 0. The van der Waals surface area contributed by atoms with Crippen LogP contribution in [0.25, 0.3) is 0 Å². The Balaban J connectivity index is 3.32. The van der Waals surface area contributed by atoms with Crippen LogP contribution in [0.4, 0.5) is 18.9 Å². The van der Waals surface area contributed by atoms with Gasteiger partial charge in [-0.25, -0.2) is 4.79 Å². The van der Waals surface area contributed by atoms with Crippen molar-refractivity contribution in [2.24, 2.45) is 0 Å². The second-order valence-electron chi connectivity index (χ2n) is 2.83. The van der Waals surface area contributed by atoms with Crippen molar-refractivity contribution in [3.8, 4) is 0 Å². The third-order valence-corrected chi connectivity index (χ3v) is 1.78. The van der Waals surface area contributed by atoms with E-state index in [1.54, 1.807) is 0 Å². The predicted molar refractivity (Wildman–Crippen MR) is 48.1 cm³/mol. The van der Waals surface area contributed by atoms with Crippen LogP contribution in [0.1, 0.15) is 15.9 Å². The number of hydrogen-bond acceptors (Lipinski definition) is 2. The van der Waals surface area contributed by atoms with E-state index in [0.29, 0.717) is 6.07 Å². The normalized spacial score (nSPS) is 10.9. The highest BCUT2D eigenvalue weighted by Crippen LogP contribution is 2.33. The second kappa shape index (κ2) is 4.21. The van der Waals surface area contributed by atoms with Gasteiger partial charge in [0.1, 0.15) is 0 Å². The molecule has 0 unspecified atom stereocenters. The molecule has 1 rings (SSSR count). The largest absolute Gasteiger partial charge is 0.478 e. The highest BCUT2D eigenvalue weighted by molar-refractivity contribution is 5.90. The van der Waals surface area contributed by atoms with E-state index in [4.69, 9.17) is 5.11 Å². The summed E-state index contributed by atoms with van der Waals surface area (Å²) in [6.07, 6.45) is -4.58. The van der Waals surface area contributed by atoms with Crippen molar-refractivity contribution < 1.29 is 27.9 Å². The standard InChI is InChI=1S/C9H6F3NO3/c10-9(11,12)7-3-5(13-4-14)1-2-6(7)8(15)16/h1-4H,(H,13,14)(H,15,16). The molecule has 0 aliphatic rings. The van der Waals surface area contributed by atoms with Crippen molar-refractivity contribution >= 4 is 18.1 Å². The fourth-order valence-electron chi connectivity index (χ4n) is 1.12. The van der Waals surface area contributed by atoms with Crippen LogP contribution in [-0.4, -0.2) is 17.5 Å². The number of halogens is 3. The summed E-state index contributed by atoms with van der Waals surface area (Å²) in [5, 5.41) is 10.6. The topological polar surface area (TPSA) is 66.4 Å². The van der Waals surface area contributed by atoms with Gasteiger partial charge in [0.15, 0.2) is 0 Å². The zero-order chi connectivity index (χ0) is 12.3. The Morgan fingerprint density at radius 2 is 2.00 bits per heavy atom. The molecule has 16 heavy (non-hydrogen) atoms. The predicted octanol–water partition coefficient (Wildman–Crippen LogP) is 1.97. The van der Waals surface area contributed by atoms with E-state index in [2.05, 4.69) is 0 Å². The van der Waals surface area contributed by atoms with Crippen molar-refractivity contribution in [1.82, 2.24) is 0 Å². The molecule has 4 nitrogen and oxygen atoms in total. The van der Waals surface area contributed by atoms with E-state index in [1.165, 1.54) is 0 Å². The number of carboxylic acids is 1. The first-order valence-electron chi connectivity index (χ1n) is 4.01. The van der Waals surface area contributed by atoms with Crippen molar-refractivity contribution in [3.63, 3.8) is 0 Å². The van der Waals surface area contributed by atoms with Gasteiger partial charge in [0.2, 0.25) is 6.41 Å². The third-order valence-electron chi connectivity index (χ3n) is 1.78. The molecule has 1 aromatic carbocycles. The lowest BCUT2D eigenvalue weighted by atomic mass is 10.1. The van der Waals surface area contributed by atoms with Gasteiger partial charge in [-0.05, 0) is 18.2 Å². The molecule has 0 bridgehead atoms. The van der Waals surface area contributed by atoms with Crippen LogP contribution >= 0.6 is 0 Å². The lowest BCUT2D eigenvalue weighted by Crippen LogP contribution is -2.13. The molecule has 0 radical (unpaired) electrons. The number of rotatable bonds is 3. The lowest BCUT2D eigenvalue weighted by molar-refractivity contribution is -0.138. The monoisotopic (exact) mass is 233 g/mol. The molecule has 0 aromatic heterocycles. The minimum Gasteiger partial charge on any atom is -0.478 e. The summed E-state index contributed by atoms with van der Waals surface area (Å²) in [5.41, 5.74) is -2.27. The molecule has 0 saturated carbocycles. The van der Waals surface area contributed by atoms with Gasteiger partial charge >= 0.3 is 12.1 Å². The smallest absolute Gasteiger partial charge is 0.417 e. The molecule has 1 aromatic rings. The highest BCUT2D eigenvalue weighted by Gasteiger charge is 2.35. The Labute approximate surface area is 87.7 Å². The van der Waals surface area contributed by atoms with Crippen LogP contribution in [0.3, 0.4) is 0 Å². The first-order chi connectivity index (χ1) is 7.36. The molecule has 1 amide bonds. The van der Waals surface area contributed by atoms with Gasteiger partial charge in [0, 0.05) is 5.69 Å². The van der Waals surface area contributed by atoms with E-state index >= 15 is 0 Å². The van der Waals surface area contributed by atoms with E-state index in [-0.39, 0.29) is 12.1 Å². The molecule has 2 N–H and O–H groups in total. The minimum atomic E-state index is -4.78. The maximum Gasteiger partial charge on any atom is 0.417 e. The van der Waals surface area contributed by atoms with Crippen LogP contribution in [0.2, 0.25) is 0 Å². The summed E-state index contributed by atoms with van der Waals surface area (Å²) < 4.78 is 37.3. The quantitative estimate of drug-likeness (QED) is 0.784. The van der Waals surface area contributed by atoms with Gasteiger partial charge < -0.3 is 10.4 Å². The Morgan fingerprint density at radius 1 is 1.38 bits per heavy atom. The lowest BCUT2D eigenvalue weighted by Gasteiger charge is -2.11. The van der Waals surface area contributed by atoms with E-state index in [1.807, 2.05) is 5.32 Å². The number of hydrogen-bond donors (Lipinski definition) is 2. The molecule has 0 atom stereocenters. The number of anilines is 1. The zero-order valence-electron chi connectivity index (χ0n) is 7.71. The number of carbonyl (C=O) groups is 2. The Kier molecular flexibility index (Phi) is 3.17. The fourth-order valence-corrected chi connectivity index (χ4v) is 1.12. The van der Waals surface area contributed by atoms with Gasteiger partial charge in [-0.1, -0.05) is 0 Å². The number of nitrogens with one attached hydrogen (secondary N) is 1. The molecule has 0 fully saturated rings. The van der Waals surface area contributed by atoms with E-state index in [9.17, 15) is 22.8 Å². The van der Waals surface area contributed by atoms with Crippen LogP contribution < -0.4 is 5.32 Å². The van der Waals surface area contributed by atoms with Crippen molar-refractivity contribution in [2.45, 2.75) is 6.18 Å². The number of aromatic carboxylic acids is 1. The van der Waals surface area contributed by atoms with Crippen molar-refractivity contribution in [3.05, 3.63) is 29.3 Å². The molecule has 0 spiro atoms. The maximum absolute atomic E-state index is 12.4. The van der Waals surface area contributed by atoms with Crippen LogP contribution in [0, 0.1) is 0 Å². The average molecular weight is 233 g/mol. The van der Waals surface area contributed by atoms with Crippen LogP contribution in [0.15, 0.2) is 18.2 Å². The molecular formula is C9H6F3NO3. The van der Waals surface area contributed by atoms with Gasteiger partial charge in [-0.2, -0.15) is 13.2 Å². The Morgan fingerprint density at radius 3 is 2.44 bits per heavy atom. The Bertz CT molecular complexity index is 428. The molecule has 0 aliphatic carbocycles. The van der Waals surface area contributed by atoms with Crippen molar-refractivity contribution in [1.29, 1.82) is 0 Å². The summed E-state index contributed by atoms with van der Waals surface area (Å²) in [6.45, 7) is 0. The first-order valence-corrected chi connectivity index (χ1v) is 4.01. The summed E-state index contributed by atoms with van der Waals surface area (Å²) >= 11 is 0. The number of amides is 1. The first kappa shape index (κ1) is 12.0. The summed E-state index contributed by atoms with van der Waals surface area (Å²) in [5.74, 6) is -1.68. The second-order valence-corrected chi connectivity index (χ2v) is 2.83. The maximum atomic E-state index is 12.4. The van der Waals surface area contributed by atoms with Gasteiger partial charge in [-0.3, -0.25) is 4.79 Å². The number of benzene rings is 1. The van der Waals surface area contributed by atoms with Crippen molar-refractivity contribution in [2.75, 3.05) is 5.32 Å². The fraction of sp³-hybridized carbons (Fsp3) is 0.111. The average Bonchev–Trinajstić information content (AvgIpc) is 2.16. The van der Waals surface area contributed by atoms with Crippen LogP contribution in [0.5, 0.6) is 0 Å². The zero-order valence-corrected chi connectivity index (χ0v) is 7.71. The van der Waals surface area contributed by atoms with Gasteiger partial charge in [0.25, 0.3) is 0 Å². The van der Waals surface area contributed by atoms with E-state index < -0.39 is 23.3 Å².